The van der Waals surface area contributed by atoms with Crippen molar-refractivity contribution in [3.63, 3.8) is 0 Å². The van der Waals surface area contributed by atoms with E-state index in [2.05, 4.69) is 115 Å². The highest BCUT2D eigenvalue weighted by molar-refractivity contribution is 14.1. The molecule has 9 rings (SSSR count). The fraction of sp³-hybridized carbons (Fsp3) is 0.380. The van der Waals surface area contributed by atoms with E-state index in [1.807, 2.05) is 33.8 Å². The standard InChI is InChI=1S/C13H17N3O3S.C13H17N3O3.C9H7N3OS.C9H10N2O2S.C8H9N3O.C7H9IN2O.C7H10N2O.C5H10O3/c1-7-10(20)8(9(14-5)11(15-7)18-6)16-12(17)19-13(2,3)4;1-8-7-9(10(14-5)11(15-8)18-6)16-12(17)19-13(2,3)4;1-5-8-6(11-4-14-8)7(10-2)9(12-5)13-3;1-5-8-7(10-4-14-8)6(3-12)9(11-5)13-2;1-5-4-6(9)7(10-2)8(11-5)12-3;1-4-3-5(9)6(8)7(10-4)11-2;1-5-3-6(8)4-7(9-5)10-2;1-5(2,3)8-4(6)7/h20H,1-4,6H3,(H,15,16,17);7H,1-4,6H3,(H,15,16,17);4H,1,3H3;4,12H,3H2,1-2H3;4H,1,3H3,(H2,9,11);3H,1-2H3,(H2,9,10);3-4H,1-2H3,(H2,8,9);1-3H3,(H,6,7). The fourth-order valence-electron chi connectivity index (χ4n) is 8.23. The number of nitrogen functional groups attached to an aromatic ring is 3. The van der Waals surface area contributed by atoms with E-state index in [1.54, 1.807) is 140 Å². The van der Waals surface area contributed by atoms with Crippen LogP contribution < -0.4 is 61.0 Å². The molecule has 0 unspecified atom stereocenters. The number of nitrogens with one attached hydrogen (secondary N) is 2. The normalized spacial score (nSPS) is 10.2. The molecule has 578 valence electrons. The minimum atomic E-state index is -1.22. The summed E-state index contributed by atoms with van der Waals surface area (Å²) < 4.78 is 52.5. The maximum absolute atomic E-state index is 11.8. The van der Waals surface area contributed by atoms with Crippen LogP contribution in [0.25, 0.3) is 39.8 Å². The molecule has 0 aliphatic rings. The van der Waals surface area contributed by atoms with Crippen LogP contribution in [0.15, 0.2) is 46.2 Å². The van der Waals surface area contributed by atoms with Gasteiger partial charge in [-0.2, -0.15) is 0 Å². The highest BCUT2D eigenvalue weighted by atomic mass is 127. The molecule has 0 fully saturated rings. The van der Waals surface area contributed by atoms with Crippen LogP contribution >= 0.6 is 57.9 Å². The van der Waals surface area contributed by atoms with Crippen LogP contribution in [-0.2, 0) is 20.8 Å². The number of pyridine rings is 7. The SMILES string of the molecule is CC(C)(C)OC(=O)O.COc1cc(N)cc(C)n1.COc1nc(C)c2scnc2c1CO.COc1nc(C)cc(N)c1I.[C-]#[N+]c1c(N)cc(C)nc1OC.[C-]#[N+]c1c(NC(=O)OC(C)(C)C)cc(C)nc1OC.[C-]#[N+]c1c(OC)nc(C)c(S)c1NC(=O)OC(C)(C)C.[C-]#[N+]c1c(OC)nc(C)c2scnc12. The van der Waals surface area contributed by atoms with E-state index in [0.29, 0.717) is 79.5 Å². The molecule has 9 heterocycles. The Kier molecular flexibility index (Phi) is 37.2. The van der Waals surface area contributed by atoms with E-state index < -0.39 is 35.1 Å². The molecular formula is C71H89IN18O15S3. The van der Waals surface area contributed by atoms with Crippen LogP contribution in [0, 0.1) is 78.3 Å². The van der Waals surface area contributed by atoms with E-state index in [1.165, 1.54) is 51.1 Å². The second-order valence-electron chi connectivity index (χ2n) is 24.6. The Balaban J connectivity index is 0.000000425. The number of amides is 2. The van der Waals surface area contributed by atoms with Gasteiger partial charge in [0.1, 0.15) is 16.8 Å². The van der Waals surface area contributed by atoms with Gasteiger partial charge in [-0.15, -0.1) is 35.3 Å². The predicted molar refractivity (Wildman–Crippen MR) is 428 cm³/mol. The van der Waals surface area contributed by atoms with Crippen LogP contribution in [0.1, 0.15) is 108 Å². The number of ether oxygens (including phenoxy) is 10. The smallest absolute Gasteiger partial charge is 0.490 e. The lowest BCUT2D eigenvalue weighted by atomic mass is 10.2. The number of aliphatic hydroxyl groups is 1. The molecular weight excluding hydrogens is 1570 g/mol. The van der Waals surface area contributed by atoms with Gasteiger partial charge >= 0.3 is 18.3 Å². The van der Waals surface area contributed by atoms with Gasteiger partial charge in [0, 0.05) is 45.1 Å². The van der Waals surface area contributed by atoms with E-state index in [4.69, 9.17) is 91.2 Å². The zero-order chi connectivity index (χ0) is 82.3. The Morgan fingerprint density at radius 3 is 1.33 bits per heavy atom. The Labute approximate surface area is 654 Å². The summed E-state index contributed by atoms with van der Waals surface area (Å²) in [5, 5.41) is 22.3. The van der Waals surface area contributed by atoms with E-state index in [-0.39, 0.29) is 41.1 Å². The molecule has 108 heavy (non-hydrogen) atoms. The van der Waals surface area contributed by atoms with Crippen molar-refractivity contribution in [2.24, 2.45) is 0 Å². The summed E-state index contributed by atoms with van der Waals surface area (Å²) in [6.07, 6.45) is -2.51. The van der Waals surface area contributed by atoms with Crippen molar-refractivity contribution in [2.75, 3.05) is 77.6 Å². The first-order valence-corrected chi connectivity index (χ1v) is 34.7. The number of hydrogen-bond donors (Lipinski definition) is 8. The van der Waals surface area contributed by atoms with E-state index in [0.717, 1.165) is 52.6 Å². The third kappa shape index (κ3) is 29.5. The second-order valence-corrected chi connectivity index (χ2v) is 27.8. The number of rotatable bonds is 10. The molecule has 0 saturated carbocycles. The van der Waals surface area contributed by atoms with Crippen molar-refractivity contribution in [2.45, 2.75) is 139 Å². The number of halogens is 1. The summed E-state index contributed by atoms with van der Waals surface area (Å²) in [4.78, 5) is 84.2. The maximum atomic E-state index is 11.8. The lowest BCUT2D eigenvalue weighted by Gasteiger charge is -2.21. The molecule has 0 aromatic carbocycles. The van der Waals surface area contributed by atoms with Crippen molar-refractivity contribution in [1.82, 2.24) is 44.9 Å². The first-order valence-electron chi connectivity index (χ1n) is 31.4. The molecule has 0 aliphatic carbocycles. The van der Waals surface area contributed by atoms with Gasteiger partial charge in [0.15, 0.2) is 0 Å². The number of aromatic nitrogens is 9. The molecule has 0 spiro atoms. The maximum Gasteiger partial charge on any atom is 0.506 e. The summed E-state index contributed by atoms with van der Waals surface area (Å²) in [7, 11) is 10.5. The van der Waals surface area contributed by atoms with E-state index >= 15 is 0 Å². The van der Waals surface area contributed by atoms with Gasteiger partial charge in [-0.05, 0) is 158 Å². The van der Waals surface area contributed by atoms with Gasteiger partial charge in [-0.25, -0.2) is 73.6 Å². The fourth-order valence-corrected chi connectivity index (χ4v) is 10.5. The molecule has 0 saturated heterocycles. The lowest BCUT2D eigenvalue weighted by Crippen LogP contribution is -2.27. The number of nitrogens with zero attached hydrogens (tertiary/aromatic N) is 13. The van der Waals surface area contributed by atoms with Crippen molar-refractivity contribution >= 4 is 148 Å². The van der Waals surface area contributed by atoms with Gasteiger partial charge in [0.05, 0.1) is 157 Å². The highest BCUT2D eigenvalue weighted by Crippen LogP contribution is 2.41. The zero-order valence-electron chi connectivity index (χ0n) is 64.1. The van der Waals surface area contributed by atoms with Crippen LogP contribution in [0.4, 0.5) is 65.6 Å². The summed E-state index contributed by atoms with van der Waals surface area (Å²) in [5.41, 5.74) is 29.3. The molecule has 10 N–H and O–H groups in total. The number of carbonyl (C=O) groups excluding carboxylic acids is 2. The molecule has 37 heteroatoms. The molecule has 2 amide bonds. The van der Waals surface area contributed by atoms with Gasteiger partial charge in [-0.3, -0.25) is 10.3 Å². The number of anilines is 5. The number of hydrogen-bond acceptors (Lipinski definition) is 29. The van der Waals surface area contributed by atoms with Crippen LogP contribution in [0.2, 0.25) is 0 Å². The number of methoxy groups -OCH3 is 7. The molecule has 9 aromatic rings. The summed E-state index contributed by atoms with van der Waals surface area (Å²) >= 11 is 9.40. The number of aliphatic hydroxyl groups excluding tert-OH is 1. The number of aryl methyl sites for hydroxylation is 7. The van der Waals surface area contributed by atoms with Gasteiger partial charge in [-0.1, -0.05) is 0 Å². The predicted octanol–water partition coefficient (Wildman–Crippen LogP) is 16.5. The van der Waals surface area contributed by atoms with E-state index in [9.17, 15) is 19.5 Å². The third-order valence-corrected chi connectivity index (χ3v) is 16.0. The summed E-state index contributed by atoms with van der Waals surface area (Å²) in [5.74, 6) is 2.60. The monoisotopic (exact) mass is 1660 g/mol. The van der Waals surface area contributed by atoms with Gasteiger partial charge in [0.25, 0.3) is 22.7 Å². The third-order valence-electron chi connectivity index (χ3n) is 12.5. The largest absolute Gasteiger partial charge is 0.506 e. The molecule has 0 aliphatic heterocycles. The second kappa shape index (κ2) is 43.3. The number of nitrogens with two attached hydrogens (primary N) is 3. The topological polar surface area (TPSA) is 420 Å². The highest BCUT2D eigenvalue weighted by Gasteiger charge is 2.24. The summed E-state index contributed by atoms with van der Waals surface area (Å²) in [6, 6.07) is 8.55. The van der Waals surface area contributed by atoms with Crippen molar-refractivity contribution in [1.29, 1.82) is 0 Å². The minimum absolute atomic E-state index is 0.0916. The first kappa shape index (κ1) is 92.7. The Morgan fingerprint density at radius 1 is 0.500 bits per heavy atom. The minimum Gasteiger partial charge on any atom is -0.490 e. The quantitative estimate of drug-likeness (QED) is 0.0207. The Bertz CT molecular complexity index is 4740. The molecule has 0 atom stereocenters. The van der Waals surface area contributed by atoms with Crippen molar-refractivity contribution in [3.05, 3.63) is 136 Å². The first-order chi connectivity index (χ1) is 50.5. The number of fused-ring (bicyclic) bond motifs is 2. The van der Waals surface area contributed by atoms with Crippen LogP contribution in [-0.4, -0.2) is 140 Å². The molecule has 33 nitrogen and oxygen atoms in total. The number of carbonyl (C=O) groups is 3. The average Bonchev–Trinajstić information content (AvgIpc) is 1.48. The van der Waals surface area contributed by atoms with Crippen molar-refractivity contribution in [3.8, 4) is 41.2 Å². The average molecular weight is 1660 g/mol. The van der Waals surface area contributed by atoms with Gasteiger partial charge in [0.2, 0.25) is 41.2 Å². The molecule has 0 bridgehead atoms. The number of thiol groups is 1. The Hall–Kier alpha value is -11.4. The molecule has 0 radical (unpaired) electrons. The number of thiazole rings is 2. The molecule has 9 aromatic heterocycles. The van der Waals surface area contributed by atoms with Crippen LogP contribution in [0.3, 0.4) is 0 Å². The van der Waals surface area contributed by atoms with Crippen molar-refractivity contribution < 1.29 is 72.0 Å². The zero-order valence-corrected chi connectivity index (χ0v) is 68.8. The Morgan fingerprint density at radius 2 is 0.898 bits per heavy atom. The number of carboxylic acid groups (broad SMARTS) is 1. The van der Waals surface area contributed by atoms with Gasteiger partial charge < -0.3 is 80.1 Å². The van der Waals surface area contributed by atoms with Crippen LogP contribution in [0.5, 0.6) is 41.2 Å². The lowest BCUT2D eigenvalue weighted by molar-refractivity contribution is 0.0149. The summed E-state index contributed by atoms with van der Waals surface area (Å²) in [6.45, 7) is 56.5.